The number of rotatable bonds is 5. The van der Waals surface area contributed by atoms with Gasteiger partial charge in [-0.05, 0) is 35.9 Å². The number of nitrogens with zero attached hydrogens (tertiary/aromatic N) is 4. The van der Waals surface area contributed by atoms with Gasteiger partial charge in [-0.25, -0.2) is 4.68 Å². The van der Waals surface area contributed by atoms with E-state index in [4.69, 9.17) is 0 Å². The number of carbonyl (C=O) groups excluding carboxylic acids is 2. The van der Waals surface area contributed by atoms with Crippen molar-refractivity contribution >= 4 is 28.4 Å². The second kappa shape index (κ2) is 8.33. The monoisotopic (exact) mass is 461 g/mol. The summed E-state index contributed by atoms with van der Waals surface area (Å²) in [6.07, 6.45) is 4.99. The Morgan fingerprint density at radius 1 is 1.06 bits per heavy atom. The van der Waals surface area contributed by atoms with Crippen LogP contribution in [0.3, 0.4) is 0 Å². The van der Waals surface area contributed by atoms with Crippen molar-refractivity contribution in [3.05, 3.63) is 84.8 Å². The molecule has 0 radical (unpaired) electrons. The summed E-state index contributed by atoms with van der Waals surface area (Å²) in [6.45, 7) is 0.544. The smallest absolute Gasteiger partial charge is 0.321 e. The highest BCUT2D eigenvalue weighted by Gasteiger charge is 2.45. The minimum absolute atomic E-state index is 0.0889. The van der Waals surface area contributed by atoms with E-state index in [9.17, 15) is 18.4 Å². The van der Waals surface area contributed by atoms with E-state index in [-0.39, 0.29) is 12.3 Å². The Kier molecular flexibility index (Phi) is 5.31. The molecule has 2 amide bonds. The molecule has 5 rings (SSSR count). The van der Waals surface area contributed by atoms with E-state index in [2.05, 4.69) is 15.4 Å². The minimum atomic E-state index is -3.54. The molecule has 2 aromatic heterocycles. The highest BCUT2D eigenvalue weighted by atomic mass is 19.3. The van der Waals surface area contributed by atoms with Crippen LogP contribution in [0.4, 0.5) is 14.5 Å². The molecule has 34 heavy (non-hydrogen) atoms. The maximum Gasteiger partial charge on any atom is 0.321 e. The van der Waals surface area contributed by atoms with Crippen molar-refractivity contribution in [3.63, 3.8) is 0 Å². The topological polar surface area (TPSA) is 80.1 Å². The second-order valence-corrected chi connectivity index (χ2v) is 8.30. The van der Waals surface area contributed by atoms with E-state index in [1.807, 2.05) is 54.6 Å². The van der Waals surface area contributed by atoms with Gasteiger partial charge in [-0.15, -0.1) is 0 Å². The lowest BCUT2D eigenvalue weighted by molar-refractivity contribution is -0.143. The van der Waals surface area contributed by atoms with Gasteiger partial charge < -0.3 is 10.2 Å². The molecule has 2 aromatic carbocycles. The first-order chi connectivity index (χ1) is 16.3. The van der Waals surface area contributed by atoms with E-state index in [0.717, 1.165) is 22.2 Å². The van der Waals surface area contributed by atoms with Crippen LogP contribution >= 0.6 is 0 Å². The number of halogens is 2. The summed E-state index contributed by atoms with van der Waals surface area (Å²) < 4.78 is 29.0. The lowest BCUT2D eigenvalue weighted by Gasteiger charge is -2.29. The van der Waals surface area contributed by atoms with Gasteiger partial charge >= 0.3 is 5.92 Å². The van der Waals surface area contributed by atoms with Gasteiger partial charge in [-0.3, -0.25) is 14.6 Å². The molecule has 0 saturated carbocycles. The van der Waals surface area contributed by atoms with Gasteiger partial charge in [0, 0.05) is 30.6 Å². The number of carbonyl (C=O) groups is 2. The highest BCUT2D eigenvalue weighted by Crippen LogP contribution is 2.39. The average Bonchev–Trinajstić information content (AvgIpc) is 3.39. The van der Waals surface area contributed by atoms with Crippen LogP contribution in [-0.2, 0) is 9.59 Å². The number of aromatic nitrogens is 3. The van der Waals surface area contributed by atoms with Gasteiger partial charge in [0.1, 0.15) is 0 Å². The zero-order valence-electron chi connectivity index (χ0n) is 18.2. The van der Waals surface area contributed by atoms with Crippen molar-refractivity contribution in [1.82, 2.24) is 20.1 Å². The molecule has 1 saturated heterocycles. The fraction of sp³-hybridized carbons (Fsp3) is 0.200. The molecule has 0 aliphatic carbocycles. The molecule has 2 atom stereocenters. The molecule has 0 spiro atoms. The fourth-order valence-corrected chi connectivity index (χ4v) is 4.35. The van der Waals surface area contributed by atoms with Crippen LogP contribution in [0.1, 0.15) is 24.9 Å². The normalized spacial score (nSPS) is 18.4. The summed E-state index contributed by atoms with van der Waals surface area (Å²) in [6, 6.07) is 16.8. The predicted molar refractivity (Wildman–Crippen MR) is 123 cm³/mol. The van der Waals surface area contributed by atoms with E-state index in [1.54, 1.807) is 34.2 Å². The second-order valence-electron chi connectivity index (χ2n) is 8.30. The number of anilines is 1. The summed E-state index contributed by atoms with van der Waals surface area (Å²) in [5.41, 5.74) is 2.96. The average molecular weight is 461 g/mol. The molecule has 0 unspecified atom stereocenters. The number of hydrogen-bond acceptors (Lipinski definition) is 4. The number of amides is 2. The van der Waals surface area contributed by atoms with Gasteiger partial charge in [0.05, 0.1) is 35.7 Å². The first-order valence-corrected chi connectivity index (χ1v) is 10.8. The van der Waals surface area contributed by atoms with Crippen LogP contribution < -0.4 is 10.2 Å². The largest absolute Gasteiger partial charge is 0.345 e. The molecular weight excluding hydrogens is 440 g/mol. The highest BCUT2D eigenvalue weighted by molar-refractivity contribution is 6.00. The third-order valence-electron chi connectivity index (χ3n) is 5.90. The summed E-state index contributed by atoms with van der Waals surface area (Å²) in [4.78, 5) is 30.9. The Balaban J connectivity index is 1.54. The van der Waals surface area contributed by atoms with E-state index >= 15 is 0 Å². The first kappa shape index (κ1) is 21.7. The van der Waals surface area contributed by atoms with Gasteiger partial charge in [-0.2, -0.15) is 13.9 Å². The minimum Gasteiger partial charge on any atom is -0.345 e. The van der Waals surface area contributed by atoms with Gasteiger partial charge in [0.15, 0.2) is 0 Å². The summed E-state index contributed by atoms with van der Waals surface area (Å²) in [7, 11) is 0. The number of benzene rings is 2. The molecular formula is C25H21F2N5O2. The first-order valence-electron chi connectivity index (χ1n) is 10.8. The van der Waals surface area contributed by atoms with Crippen molar-refractivity contribution in [2.45, 2.75) is 31.4 Å². The van der Waals surface area contributed by atoms with Crippen LogP contribution in [0.2, 0.25) is 0 Å². The molecule has 1 N–H and O–H groups in total. The van der Waals surface area contributed by atoms with Gasteiger partial charge in [0.2, 0.25) is 5.91 Å². The van der Waals surface area contributed by atoms with Crippen molar-refractivity contribution in [2.75, 3.05) is 4.90 Å². The maximum absolute atomic E-state index is 13.6. The van der Waals surface area contributed by atoms with E-state index < -0.39 is 23.9 Å². The molecule has 3 heterocycles. The number of pyridine rings is 1. The van der Waals surface area contributed by atoms with Crippen molar-refractivity contribution in [3.8, 4) is 5.69 Å². The Morgan fingerprint density at radius 3 is 2.56 bits per heavy atom. The summed E-state index contributed by atoms with van der Waals surface area (Å²) >= 11 is 0. The zero-order chi connectivity index (χ0) is 23.9. The van der Waals surface area contributed by atoms with Crippen LogP contribution in [0.5, 0.6) is 0 Å². The molecule has 1 aliphatic heterocycles. The Hall–Kier alpha value is -4.14. The lowest BCUT2D eigenvalue weighted by Crippen LogP contribution is -2.46. The van der Waals surface area contributed by atoms with Crippen molar-refractivity contribution < 1.29 is 18.4 Å². The van der Waals surface area contributed by atoms with Crippen LogP contribution in [-0.4, -0.2) is 38.5 Å². The van der Waals surface area contributed by atoms with Crippen LogP contribution in [0.15, 0.2) is 79.3 Å². The Morgan fingerprint density at radius 2 is 1.85 bits per heavy atom. The Labute approximate surface area is 194 Å². The number of fused-ring (bicyclic) bond motifs is 1. The molecule has 1 aliphatic rings. The van der Waals surface area contributed by atoms with Crippen molar-refractivity contribution in [2.24, 2.45) is 0 Å². The zero-order valence-corrected chi connectivity index (χ0v) is 18.2. The fourth-order valence-electron chi connectivity index (χ4n) is 4.35. The SMILES string of the molecule is CC(F)(F)C(=O)N[C@@H]1CC(=O)N(c2ccc3c(cnn3-c3cccnc3)c2)[C@H]1c1ccccc1. The summed E-state index contributed by atoms with van der Waals surface area (Å²) in [5, 5.41) is 7.63. The number of hydrogen-bond donors (Lipinski definition) is 1. The molecule has 172 valence electrons. The van der Waals surface area contributed by atoms with E-state index in [1.165, 1.54) is 0 Å². The third kappa shape index (κ3) is 3.89. The molecule has 9 heteroatoms. The Bertz CT molecular complexity index is 1350. The molecule has 1 fully saturated rings. The summed E-state index contributed by atoms with van der Waals surface area (Å²) in [5.74, 6) is -5.21. The van der Waals surface area contributed by atoms with Crippen molar-refractivity contribution in [1.29, 1.82) is 0 Å². The van der Waals surface area contributed by atoms with Gasteiger partial charge in [-0.1, -0.05) is 30.3 Å². The number of nitrogens with one attached hydrogen (secondary N) is 1. The van der Waals surface area contributed by atoms with E-state index in [0.29, 0.717) is 12.6 Å². The molecule has 7 nitrogen and oxygen atoms in total. The third-order valence-corrected chi connectivity index (χ3v) is 5.90. The lowest BCUT2D eigenvalue weighted by atomic mass is 9.99. The predicted octanol–water partition coefficient (Wildman–Crippen LogP) is 4.04. The molecule has 4 aromatic rings. The maximum atomic E-state index is 13.6. The number of alkyl halides is 2. The quantitative estimate of drug-likeness (QED) is 0.487. The standard InChI is InChI=1S/C25H21F2N5O2/c1-25(26,27)24(34)30-20-13-22(33)31(23(20)16-6-3-2-4-7-16)18-9-10-21-17(12-18)14-29-32(21)19-8-5-11-28-15-19/h2-12,14-15,20,23H,13H2,1H3,(H,30,34)/t20-,23+/m1/s1. The van der Waals surface area contributed by atoms with Crippen LogP contribution in [0.25, 0.3) is 16.6 Å². The van der Waals surface area contributed by atoms with Crippen LogP contribution in [0, 0.1) is 0 Å². The van der Waals surface area contributed by atoms with Gasteiger partial charge in [0.25, 0.3) is 5.91 Å². The molecule has 0 bridgehead atoms.